The Morgan fingerprint density at radius 2 is 1.64 bits per heavy atom. The molecule has 3 aliphatic rings. The molecule has 50 heavy (non-hydrogen) atoms. The smallest absolute Gasteiger partial charge is 0.410 e. The molecule has 2 unspecified atom stereocenters. The minimum absolute atomic E-state index is 0.0733. The SMILES string of the molecule is CC(C)(C)OC(=O)N1CCN(C(=O)c2ncn(C3CCCCC3(O)COC3CCS(=O)(=O)CC3)c2-c2ccccc2)[C@H](Cc2ccccc2)C1. The van der Waals surface area contributed by atoms with E-state index in [1.807, 2.05) is 90.9 Å². The summed E-state index contributed by atoms with van der Waals surface area (Å²) < 4.78 is 37.9. The van der Waals surface area contributed by atoms with E-state index in [0.29, 0.717) is 63.1 Å². The summed E-state index contributed by atoms with van der Waals surface area (Å²) in [5.74, 6) is -0.0318. The van der Waals surface area contributed by atoms with E-state index < -0.39 is 33.2 Å². The summed E-state index contributed by atoms with van der Waals surface area (Å²) in [5.41, 5.74) is 0.932. The van der Waals surface area contributed by atoms with Crippen LogP contribution in [0, 0.1) is 0 Å². The van der Waals surface area contributed by atoms with Crippen molar-refractivity contribution in [1.82, 2.24) is 19.4 Å². The highest BCUT2D eigenvalue weighted by atomic mass is 32.2. The maximum Gasteiger partial charge on any atom is 0.410 e. The number of hydrogen-bond acceptors (Lipinski definition) is 8. The van der Waals surface area contributed by atoms with Gasteiger partial charge in [-0.15, -0.1) is 0 Å². The predicted molar refractivity (Wildman–Crippen MR) is 191 cm³/mol. The molecule has 0 radical (unpaired) electrons. The number of ether oxygens (including phenoxy) is 2. The van der Waals surface area contributed by atoms with Crippen LogP contribution in [0.1, 0.15) is 81.4 Å². The van der Waals surface area contributed by atoms with Crippen LogP contribution < -0.4 is 0 Å². The molecule has 2 aromatic carbocycles. The Morgan fingerprint density at radius 3 is 2.32 bits per heavy atom. The lowest BCUT2D eigenvalue weighted by atomic mass is 9.80. The van der Waals surface area contributed by atoms with Crippen molar-refractivity contribution >= 4 is 21.8 Å². The molecule has 2 amide bonds. The zero-order valence-corrected chi connectivity index (χ0v) is 30.2. The number of hydrogen-bond donors (Lipinski definition) is 1. The van der Waals surface area contributed by atoms with Gasteiger partial charge in [-0.2, -0.15) is 0 Å². The van der Waals surface area contributed by atoms with Gasteiger partial charge < -0.3 is 28.9 Å². The van der Waals surface area contributed by atoms with Crippen LogP contribution in [0.15, 0.2) is 67.0 Å². The number of amides is 2. The third-order valence-electron chi connectivity index (χ3n) is 10.1. The minimum Gasteiger partial charge on any atom is -0.444 e. The molecule has 11 nitrogen and oxygen atoms in total. The lowest BCUT2D eigenvalue weighted by molar-refractivity contribution is -0.117. The molecule has 1 N–H and O–H groups in total. The van der Waals surface area contributed by atoms with Crippen molar-refractivity contribution in [3.63, 3.8) is 0 Å². The Hall–Kier alpha value is -3.74. The van der Waals surface area contributed by atoms with Gasteiger partial charge in [0.05, 0.1) is 48.3 Å². The van der Waals surface area contributed by atoms with E-state index in [2.05, 4.69) is 0 Å². The number of aromatic nitrogens is 2. The highest BCUT2D eigenvalue weighted by Crippen LogP contribution is 2.42. The molecule has 270 valence electrons. The molecule has 0 bridgehead atoms. The molecule has 2 aliphatic heterocycles. The Balaban J connectivity index is 1.31. The molecule has 1 aliphatic carbocycles. The van der Waals surface area contributed by atoms with Gasteiger partial charge in [0.15, 0.2) is 15.5 Å². The minimum atomic E-state index is -3.03. The number of aliphatic hydroxyl groups is 1. The molecule has 1 saturated carbocycles. The quantitative estimate of drug-likeness (QED) is 0.334. The van der Waals surface area contributed by atoms with E-state index in [4.69, 9.17) is 14.5 Å². The summed E-state index contributed by atoms with van der Waals surface area (Å²) in [6, 6.07) is 18.9. The van der Waals surface area contributed by atoms with E-state index in [1.54, 1.807) is 11.2 Å². The normalized spacial score (nSPS) is 24.6. The van der Waals surface area contributed by atoms with Gasteiger partial charge in [0, 0.05) is 25.2 Å². The number of imidazole rings is 1. The zero-order chi connectivity index (χ0) is 35.5. The molecule has 1 aromatic heterocycles. The maximum absolute atomic E-state index is 14.7. The van der Waals surface area contributed by atoms with Crippen molar-refractivity contribution in [2.75, 3.05) is 37.7 Å². The summed E-state index contributed by atoms with van der Waals surface area (Å²) in [5, 5.41) is 12.2. The first-order valence-electron chi connectivity index (χ1n) is 17.8. The van der Waals surface area contributed by atoms with Crippen molar-refractivity contribution in [2.45, 2.75) is 95.1 Å². The van der Waals surface area contributed by atoms with Crippen LogP contribution in [0.25, 0.3) is 11.3 Å². The first-order chi connectivity index (χ1) is 23.8. The topological polar surface area (TPSA) is 131 Å². The second-order valence-corrected chi connectivity index (χ2v) is 17.3. The number of sulfone groups is 1. The standard InChI is InChI=1S/C38H50N4O7S/c1-37(2,3)49-36(44)40-20-21-41(30(25-40)24-28-12-6-4-7-13-28)35(43)33-34(29-14-8-5-9-15-29)42(27-39-33)32-16-10-11-19-38(32,45)26-48-31-17-22-50(46,47)23-18-31/h4-9,12-15,27,30-32,45H,10-11,16-26H2,1-3H3/t30-,32?,38?/m1/s1. The van der Waals surface area contributed by atoms with Crippen LogP contribution >= 0.6 is 0 Å². The van der Waals surface area contributed by atoms with E-state index in [1.165, 1.54) is 0 Å². The van der Waals surface area contributed by atoms with Crippen LogP contribution in [-0.4, -0.2) is 106 Å². The predicted octanol–water partition coefficient (Wildman–Crippen LogP) is 5.29. The highest BCUT2D eigenvalue weighted by molar-refractivity contribution is 7.91. The highest BCUT2D eigenvalue weighted by Gasteiger charge is 2.44. The Morgan fingerprint density at radius 1 is 0.960 bits per heavy atom. The monoisotopic (exact) mass is 706 g/mol. The van der Waals surface area contributed by atoms with Gasteiger partial charge in [-0.25, -0.2) is 18.2 Å². The van der Waals surface area contributed by atoms with Gasteiger partial charge in [-0.3, -0.25) is 4.79 Å². The van der Waals surface area contributed by atoms with Gasteiger partial charge in [0.2, 0.25) is 0 Å². The fraction of sp³-hybridized carbons (Fsp3) is 0.553. The van der Waals surface area contributed by atoms with Crippen LogP contribution in [0.3, 0.4) is 0 Å². The van der Waals surface area contributed by atoms with Crippen LogP contribution in [-0.2, 0) is 25.7 Å². The zero-order valence-electron chi connectivity index (χ0n) is 29.4. The number of piperazine rings is 1. The lowest BCUT2D eigenvalue weighted by Crippen LogP contribution is -2.58. The number of carbonyl (C=O) groups is 2. The summed E-state index contributed by atoms with van der Waals surface area (Å²) in [4.78, 5) is 36.1. The summed E-state index contributed by atoms with van der Waals surface area (Å²) in [7, 11) is -3.03. The van der Waals surface area contributed by atoms with Crippen molar-refractivity contribution in [2.24, 2.45) is 0 Å². The van der Waals surface area contributed by atoms with Crippen molar-refractivity contribution in [1.29, 1.82) is 0 Å². The largest absolute Gasteiger partial charge is 0.444 e. The average molecular weight is 707 g/mol. The molecule has 3 aromatic rings. The van der Waals surface area contributed by atoms with E-state index in [9.17, 15) is 23.1 Å². The van der Waals surface area contributed by atoms with E-state index in [-0.39, 0.29) is 36.2 Å². The first kappa shape index (κ1) is 36.1. The Bertz CT molecular complexity index is 1730. The lowest BCUT2D eigenvalue weighted by Gasteiger charge is -2.42. The van der Waals surface area contributed by atoms with Gasteiger partial charge >= 0.3 is 6.09 Å². The fourth-order valence-corrected chi connectivity index (χ4v) is 8.96. The summed E-state index contributed by atoms with van der Waals surface area (Å²) in [6.07, 6.45) is 5.38. The van der Waals surface area contributed by atoms with Gasteiger partial charge in [0.1, 0.15) is 11.2 Å². The van der Waals surface area contributed by atoms with Crippen molar-refractivity contribution in [3.8, 4) is 11.3 Å². The Kier molecular flexibility index (Phi) is 10.7. The molecule has 12 heteroatoms. The number of benzene rings is 2. The average Bonchev–Trinajstić information content (AvgIpc) is 3.53. The third kappa shape index (κ3) is 8.41. The molecule has 3 heterocycles. The molecular weight excluding hydrogens is 657 g/mol. The van der Waals surface area contributed by atoms with Crippen LogP contribution in [0.4, 0.5) is 4.79 Å². The first-order valence-corrected chi connectivity index (χ1v) is 19.6. The number of rotatable bonds is 8. The molecule has 2 saturated heterocycles. The van der Waals surface area contributed by atoms with Crippen molar-refractivity contribution < 1.29 is 32.6 Å². The van der Waals surface area contributed by atoms with Gasteiger partial charge in [0.25, 0.3) is 5.91 Å². The van der Waals surface area contributed by atoms with Gasteiger partial charge in [-0.05, 0) is 58.4 Å². The molecule has 6 rings (SSSR count). The van der Waals surface area contributed by atoms with E-state index in [0.717, 1.165) is 24.0 Å². The number of nitrogens with zero attached hydrogens (tertiary/aromatic N) is 4. The number of carbonyl (C=O) groups excluding carboxylic acids is 2. The second-order valence-electron chi connectivity index (χ2n) is 15.0. The molecule has 3 fully saturated rings. The molecule has 0 spiro atoms. The molecular formula is C38H50N4O7S. The van der Waals surface area contributed by atoms with Crippen LogP contribution in [0.2, 0.25) is 0 Å². The van der Waals surface area contributed by atoms with Gasteiger partial charge in [-0.1, -0.05) is 73.5 Å². The maximum atomic E-state index is 14.7. The third-order valence-corrected chi connectivity index (χ3v) is 11.8. The fourth-order valence-electron chi connectivity index (χ4n) is 7.52. The second kappa shape index (κ2) is 14.9. The van der Waals surface area contributed by atoms with Crippen molar-refractivity contribution in [3.05, 3.63) is 78.2 Å². The Labute approximate surface area is 295 Å². The van der Waals surface area contributed by atoms with E-state index >= 15 is 0 Å². The summed E-state index contributed by atoms with van der Waals surface area (Å²) >= 11 is 0. The van der Waals surface area contributed by atoms with Crippen LogP contribution in [0.5, 0.6) is 0 Å². The molecule has 3 atom stereocenters. The summed E-state index contributed by atoms with van der Waals surface area (Å²) in [6.45, 7) is 6.56.